The van der Waals surface area contributed by atoms with E-state index in [9.17, 15) is 4.79 Å². The van der Waals surface area contributed by atoms with Crippen LogP contribution in [0, 0.1) is 0 Å². The summed E-state index contributed by atoms with van der Waals surface area (Å²) in [6, 6.07) is 6.73. The molecule has 0 spiro atoms. The zero-order chi connectivity index (χ0) is 14.9. The zero-order valence-corrected chi connectivity index (χ0v) is 12.4. The summed E-state index contributed by atoms with van der Waals surface area (Å²) in [5, 5.41) is 12.4. The van der Waals surface area contributed by atoms with Gasteiger partial charge in [-0.05, 0) is 38.1 Å². The molecule has 0 aliphatic carbocycles. The Bertz CT molecular complexity index is 445. The van der Waals surface area contributed by atoms with Gasteiger partial charge in [0.15, 0.2) is 0 Å². The third-order valence-electron chi connectivity index (χ3n) is 3.71. The van der Waals surface area contributed by atoms with Crippen molar-refractivity contribution in [3.05, 3.63) is 29.8 Å². The van der Waals surface area contributed by atoms with Crippen LogP contribution in [-0.4, -0.2) is 55.3 Å². The van der Waals surface area contributed by atoms with Gasteiger partial charge in [0, 0.05) is 19.6 Å². The number of carboxylic acids is 1. The average molecular weight is 292 g/mol. The molecule has 5 nitrogen and oxygen atoms in total. The number of ether oxygens (including phenoxy) is 1. The maximum absolute atomic E-state index is 11.0. The molecule has 0 radical (unpaired) electrons. The molecular weight excluding hydrogens is 268 g/mol. The molecule has 116 valence electrons. The number of likely N-dealkylation sites (tertiary alicyclic amines) is 1. The van der Waals surface area contributed by atoms with Crippen LogP contribution >= 0.6 is 0 Å². The average Bonchev–Trinajstić information content (AvgIpc) is 2.52. The maximum atomic E-state index is 11.0. The minimum atomic E-state index is -0.955. The third-order valence-corrected chi connectivity index (χ3v) is 3.71. The Balaban J connectivity index is 1.60. The molecule has 0 bridgehead atoms. The minimum absolute atomic E-state index is 0.214. The number of carbonyl (C=O) groups is 1. The molecule has 1 fully saturated rings. The van der Waals surface area contributed by atoms with E-state index < -0.39 is 5.97 Å². The molecule has 5 heteroatoms. The Morgan fingerprint density at radius 1 is 1.19 bits per heavy atom. The highest BCUT2D eigenvalue weighted by atomic mass is 16.5. The molecule has 0 aromatic heterocycles. The van der Waals surface area contributed by atoms with Gasteiger partial charge in [-0.3, -0.25) is 0 Å². The molecule has 0 amide bonds. The van der Waals surface area contributed by atoms with Crippen LogP contribution in [0.1, 0.15) is 29.6 Å². The van der Waals surface area contributed by atoms with E-state index in [1.807, 2.05) is 0 Å². The fourth-order valence-corrected chi connectivity index (χ4v) is 2.55. The summed E-state index contributed by atoms with van der Waals surface area (Å²) in [5.74, 6) is -0.522. The van der Waals surface area contributed by atoms with Gasteiger partial charge >= 0.3 is 5.97 Å². The molecule has 1 aliphatic heterocycles. The van der Waals surface area contributed by atoms with Gasteiger partial charge in [-0.15, -0.1) is 0 Å². The third kappa shape index (κ3) is 5.36. The number of para-hydroxylation sites is 1. The van der Waals surface area contributed by atoms with Crippen molar-refractivity contribution in [3.8, 4) is 5.75 Å². The van der Waals surface area contributed by atoms with Gasteiger partial charge in [0.05, 0.1) is 0 Å². The van der Waals surface area contributed by atoms with Gasteiger partial charge in [0.25, 0.3) is 0 Å². The predicted octanol–water partition coefficient (Wildman–Crippen LogP) is 1.84. The van der Waals surface area contributed by atoms with E-state index >= 15 is 0 Å². The first-order valence-electron chi connectivity index (χ1n) is 7.65. The molecule has 1 saturated heterocycles. The number of carboxylic acid groups (broad SMARTS) is 1. The first kappa shape index (κ1) is 15.8. The van der Waals surface area contributed by atoms with Crippen molar-refractivity contribution in [2.45, 2.75) is 19.3 Å². The number of benzene rings is 1. The lowest BCUT2D eigenvalue weighted by Gasteiger charge is -2.26. The van der Waals surface area contributed by atoms with Crippen LogP contribution in [-0.2, 0) is 0 Å². The molecule has 1 aliphatic rings. The molecule has 21 heavy (non-hydrogen) atoms. The molecule has 1 heterocycles. The van der Waals surface area contributed by atoms with E-state index in [1.165, 1.54) is 32.4 Å². The summed E-state index contributed by atoms with van der Waals surface area (Å²) in [5.41, 5.74) is 0.214. The van der Waals surface area contributed by atoms with Gasteiger partial charge in [0.2, 0.25) is 0 Å². The van der Waals surface area contributed by atoms with Crippen molar-refractivity contribution < 1.29 is 14.6 Å². The second-order valence-corrected chi connectivity index (χ2v) is 5.30. The summed E-state index contributed by atoms with van der Waals surface area (Å²) >= 11 is 0. The van der Waals surface area contributed by atoms with Crippen molar-refractivity contribution in [3.63, 3.8) is 0 Å². The van der Waals surface area contributed by atoms with E-state index in [-0.39, 0.29) is 5.56 Å². The van der Waals surface area contributed by atoms with Gasteiger partial charge in [-0.2, -0.15) is 0 Å². The Hall–Kier alpha value is -1.59. The largest absolute Gasteiger partial charge is 0.491 e. The monoisotopic (exact) mass is 292 g/mol. The lowest BCUT2D eigenvalue weighted by Crippen LogP contribution is -2.36. The quantitative estimate of drug-likeness (QED) is 0.716. The van der Waals surface area contributed by atoms with E-state index in [1.54, 1.807) is 24.3 Å². The minimum Gasteiger partial charge on any atom is -0.491 e. The number of hydrogen-bond donors (Lipinski definition) is 2. The number of hydrogen-bond acceptors (Lipinski definition) is 4. The first-order chi connectivity index (χ1) is 10.3. The molecule has 1 aromatic carbocycles. The van der Waals surface area contributed by atoms with Crippen molar-refractivity contribution in [1.82, 2.24) is 10.2 Å². The Morgan fingerprint density at radius 3 is 2.71 bits per heavy atom. The van der Waals surface area contributed by atoms with Crippen LogP contribution < -0.4 is 10.1 Å². The normalized spacial score (nSPS) is 15.8. The molecule has 0 saturated carbocycles. The maximum Gasteiger partial charge on any atom is 0.339 e. The smallest absolute Gasteiger partial charge is 0.339 e. The summed E-state index contributed by atoms with van der Waals surface area (Å²) in [6.07, 6.45) is 3.99. The van der Waals surface area contributed by atoms with Crippen molar-refractivity contribution in [1.29, 1.82) is 0 Å². The van der Waals surface area contributed by atoms with E-state index in [0.717, 1.165) is 19.6 Å². The number of nitrogens with zero attached hydrogens (tertiary/aromatic N) is 1. The molecular formula is C16H24N2O3. The molecule has 2 N–H and O–H groups in total. The van der Waals surface area contributed by atoms with Gasteiger partial charge < -0.3 is 20.1 Å². The summed E-state index contributed by atoms with van der Waals surface area (Å²) < 4.78 is 5.53. The highest BCUT2D eigenvalue weighted by Crippen LogP contribution is 2.17. The molecule has 2 rings (SSSR count). The van der Waals surface area contributed by atoms with Gasteiger partial charge in [0.1, 0.15) is 17.9 Å². The fourth-order valence-electron chi connectivity index (χ4n) is 2.55. The highest BCUT2D eigenvalue weighted by molar-refractivity contribution is 5.90. The molecule has 0 atom stereocenters. The van der Waals surface area contributed by atoms with Crippen LogP contribution in [0.5, 0.6) is 5.75 Å². The van der Waals surface area contributed by atoms with Crippen molar-refractivity contribution >= 4 is 5.97 Å². The first-order valence-corrected chi connectivity index (χ1v) is 7.65. The molecule has 1 aromatic rings. The lowest BCUT2D eigenvalue weighted by atomic mass is 10.1. The van der Waals surface area contributed by atoms with Gasteiger partial charge in [-0.25, -0.2) is 4.79 Å². The summed E-state index contributed by atoms with van der Waals surface area (Å²) in [6.45, 7) is 5.65. The Labute approximate surface area is 125 Å². The van der Waals surface area contributed by atoms with Crippen LogP contribution in [0.4, 0.5) is 0 Å². The second-order valence-electron chi connectivity index (χ2n) is 5.30. The Morgan fingerprint density at radius 2 is 1.95 bits per heavy atom. The SMILES string of the molecule is O=C(O)c1ccccc1OCCNCCN1CCCCC1. The number of piperidine rings is 1. The molecule has 0 unspecified atom stereocenters. The highest BCUT2D eigenvalue weighted by Gasteiger charge is 2.10. The van der Waals surface area contributed by atoms with Crippen LogP contribution in [0.2, 0.25) is 0 Å². The van der Waals surface area contributed by atoms with E-state index in [4.69, 9.17) is 9.84 Å². The van der Waals surface area contributed by atoms with Crippen LogP contribution in [0.25, 0.3) is 0 Å². The van der Waals surface area contributed by atoms with E-state index in [2.05, 4.69) is 10.2 Å². The second kappa shape index (κ2) is 8.64. The fraction of sp³-hybridized carbons (Fsp3) is 0.562. The van der Waals surface area contributed by atoms with Crippen LogP contribution in [0.15, 0.2) is 24.3 Å². The number of aromatic carboxylic acids is 1. The summed E-state index contributed by atoms with van der Waals surface area (Å²) in [7, 11) is 0. The van der Waals surface area contributed by atoms with Crippen molar-refractivity contribution in [2.75, 3.05) is 39.3 Å². The number of rotatable bonds is 8. The topological polar surface area (TPSA) is 61.8 Å². The zero-order valence-electron chi connectivity index (χ0n) is 12.4. The number of nitrogens with one attached hydrogen (secondary N) is 1. The van der Waals surface area contributed by atoms with Crippen LogP contribution in [0.3, 0.4) is 0 Å². The standard InChI is InChI=1S/C16H24N2O3/c19-16(20)14-6-2-3-7-15(14)21-13-9-17-8-12-18-10-4-1-5-11-18/h2-3,6-7,17H,1,4-5,8-13H2,(H,19,20). The van der Waals surface area contributed by atoms with Crippen molar-refractivity contribution in [2.24, 2.45) is 0 Å². The van der Waals surface area contributed by atoms with Gasteiger partial charge in [-0.1, -0.05) is 18.6 Å². The van der Waals surface area contributed by atoms with E-state index in [0.29, 0.717) is 12.4 Å². The lowest BCUT2D eigenvalue weighted by molar-refractivity contribution is 0.0692. The summed E-state index contributed by atoms with van der Waals surface area (Å²) in [4.78, 5) is 13.5. The predicted molar refractivity (Wildman–Crippen MR) is 82.1 cm³/mol. The Kier molecular flexibility index (Phi) is 6.50.